The highest BCUT2D eigenvalue weighted by Gasteiger charge is 2.14. The van der Waals surface area contributed by atoms with Crippen LogP contribution in [-0.4, -0.2) is 22.0 Å². The molecule has 0 radical (unpaired) electrons. The molecule has 31 heavy (non-hydrogen) atoms. The van der Waals surface area contributed by atoms with Crippen molar-refractivity contribution in [2.75, 3.05) is 5.43 Å². The first kappa shape index (κ1) is 21.5. The first-order valence-electron chi connectivity index (χ1n) is 9.14. The first-order chi connectivity index (χ1) is 15.0. The average Bonchev–Trinajstić information content (AvgIpc) is 2.80. The van der Waals surface area contributed by atoms with Crippen molar-refractivity contribution in [2.45, 2.75) is 0 Å². The fraction of sp³-hybridized carbons (Fsp3) is 0. The van der Waals surface area contributed by atoms with Crippen LogP contribution in [0.15, 0.2) is 89.5 Å². The van der Waals surface area contributed by atoms with Crippen LogP contribution in [0, 0.1) is 0 Å². The van der Waals surface area contributed by atoms with Crippen molar-refractivity contribution in [3.63, 3.8) is 0 Å². The molecule has 2 amide bonds. The summed E-state index contributed by atoms with van der Waals surface area (Å²) in [4.78, 5) is 36.7. The number of carbonyl (C=O) groups is 2. The Morgan fingerprint density at radius 2 is 1.68 bits per heavy atom. The van der Waals surface area contributed by atoms with E-state index in [1.807, 2.05) is 30.3 Å². The number of rotatable bonds is 7. The van der Waals surface area contributed by atoms with Crippen molar-refractivity contribution in [1.82, 2.24) is 20.9 Å². The van der Waals surface area contributed by atoms with Gasteiger partial charge in [0.15, 0.2) is 0 Å². The zero-order chi connectivity index (χ0) is 22.1. The number of aromatic nitrogens is 2. The smallest absolute Gasteiger partial charge is 0.286 e. The van der Waals surface area contributed by atoms with Crippen LogP contribution in [0.1, 0.15) is 15.9 Å². The van der Waals surface area contributed by atoms with Gasteiger partial charge < -0.3 is 5.32 Å². The standard InChI is InChI=1S/C22H18ClN5O3/c23-19-18(14-24-27-22(19)31)26-28-21(30)17(13-7-10-15-8-3-1-4-9-15)25-20(29)16-11-5-2-6-12-16/h1-14H,(H,25,29)(H,28,30)(H2,26,27,31)/b10-7+,17-13-. The lowest BCUT2D eigenvalue weighted by atomic mass is 10.2. The van der Waals surface area contributed by atoms with Gasteiger partial charge in [0.2, 0.25) is 0 Å². The minimum atomic E-state index is -0.654. The molecule has 1 aromatic heterocycles. The number of nitrogens with zero attached hydrogens (tertiary/aromatic N) is 1. The summed E-state index contributed by atoms with van der Waals surface area (Å²) in [5.41, 5.74) is 5.70. The van der Waals surface area contributed by atoms with E-state index in [9.17, 15) is 14.4 Å². The Labute approximate surface area is 182 Å². The molecule has 0 aliphatic carbocycles. The Morgan fingerprint density at radius 3 is 2.39 bits per heavy atom. The fourth-order valence-corrected chi connectivity index (χ4v) is 2.58. The number of anilines is 1. The number of aromatic amines is 1. The molecule has 0 aliphatic rings. The largest absolute Gasteiger partial charge is 0.317 e. The highest BCUT2D eigenvalue weighted by molar-refractivity contribution is 6.32. The maximum Gasteiger partial charge on any atom is 0.286 e. The molecule has 0 bridgehead atoms. The van der Waals surface area contributed by atoms with E-state index in [-0.39, 0.29) is 16.4 Å². The predicted octanol–water partition coefficient (Wildman–Crippen LogP) is 2.89. The van der Waals surface area contributed by atoms with Crippen LogP contribution < -0.4 is 21.7 Å². The summed E-state index contributed by atoms with van der Waals surface area (Å²) in [7, 11) is 0. The van der Waals surface area contributed by atoms with Gasteiger partial charge in [0, 0.05) is 5.56 Å². The topological polar surface area (TPSA) is 116 Å². The van der Waals surface area contributed by atoms with Crippen LogP contribution in [0.3, 0.4) is 0 Å². The van der Waals surface area contributed by atoms with E-state index in [4.69, 9.17) is 11.6 Å². The van der Waals surface area contributed by atoms with Crippen molar-refractivity contribution in [3.8, 4) is 0 Å². The summed E-state index contributed by atoms with van der Waals surface area (Å²) in [5.74, 6) is -1.11. The van der Waals surface area contributed by atoms with Gasteiger partial charge in [0.1, 0.15) is 10.7 Å². The van der Waals surface area contributed by atoms with Crippen molar-refractivity contribution in [1.29, 1.82) is 0 Å². The maximum absolute atomic E-state index is 12.7. The molecule has 3 aromatic rings. The van der Waals surface area contributed by atoms with Gasteiger partial charge in [0.25, 0.3) is 17.4 Å². The minimum Gasteiger partial charge on any atom is -0.317 e. The molecule has 9 heteroatoms. The Balaban J connectivity index is 1.78. The van der Waals surface area contributed by atoms with Crippen molar-refractivity contribution in [2.24, 2.45) is 0 Å². The molecular formula is C22H18ClN5O3. The number of benzene rings is 2. The van der Waals surface area contributed by atoms with Gasteiger partial charge in [-0.1, -0.05) is 72.3 Å². The lowest BCUT2D eigenvalue weighted by molar-refractivity contribution is -0.117. The number of H-pyrrole nitrogens is 1. The van der Waals surface area contributed by atoms with Crippen LogP contribution in [0.4, 0.5) is 5.69 Å². The zero-order valence-electron chi connectivity index (χ0n) is 16.1. The van der Waals surface area contributed by atoms with E-state index >= 15 is 0 Å². The SMILES string of the molecule is O=C(NNc1cn[nH]c(=O)c1Cl)/C(=C/C=C/c1ccccc1)NC(=O)c1ccccc1. The molecule has 0 spiro atoms. The van der Waals surface area contributed by atoms with E-state index in [1.54, 1.807) is 42.5 Å². The first-order valence-corrected chi connectivity index (χ1v) is 9.52. The molecule has 8 nitrogen and oxygen atoms in total. The quantitative estimate of drug-likeness (QED) is 0.259. The number of hydrogen-bond acceptors (Lipinski definition) is 5. The third-order valence-electron chi connectivity index (χ3n) is 3.99. The number of amides is 2. The summed E-state index contributed by atoms with van der Waals surface area (Å²) in [6, 6.07) is 17.9. The number of allylic oxidation sites excluding steroid dienone is 2. The summed E-state index contributed by atoms with van der Waals surface area (Å²) in [5, 5.41) is 8.19. The summed E-state index contributed by atoms with van der Waals surface area (Å²) < 4.78 is 0. The molecule has 2 aromatic carbocycles. The normalized spacial score (nSPS) is 11.2. The monoisotopic (exact) mass is 435 g/mol. The van der Waals surface area contributed by atoms with Gasteiger partial charge in [-0.25, -0.2) is 5.10 Å². The van der Waals surface area contributed by atoms with Gasteiger partial charge in [0.05, 0.1) is 11.9 Å². The van der Waals surface area contributed by atoms with Crippen LogP contribution in [-0.2, 0) is 4.79 Å². The number of nitrogens with one attached hydrogen (secondary N) is 4. The van der Waals surface area contributed by atoms with E-state index in [0.717, 1.165) is 5.56 Å². The molecule has 156 valence electrons. The third kappa shape index (κ3) is 6.15. The molecule has 1 heterocycles. The number of hydrazine groups is 1. The van der Waals surface area contributed by atoms with E-state index in [2.05, 4.69) is 26.4 Å². The molecule has 4 N–H and O–H groups in total. The van der Waals surface area contributed by atoms with E-state index in [0.29, 0.717) is 5.56 Å². The third-order valence-corrected chi connectivity index (χ3v) is 4.36. The van der Waals surface area contributed by atoms with Crippen molar-refractivity contribution >= 4 is 35.2 Å². The zero-order valence-corrected chi connectivity index (χ0v) is 16.9. The molecule has 3 rings (SSSR count). The van der Waals surface area contributed by atoms with Crippen LogP contribution >= 0.6 is 11.6 Å². The summed E-state index contributed by atoms with van der Waals surface area (Å²) in [6.07, 6.45) is 6.12. The van der Waals surface area contributed by atoms with Crippen LogP contribution in [0.2, 0.25) is 5.02 Å². The molecule has 0 atom stereocenters. The molecule has 0 unspecified atom stereocenters. The lowest BCUT2D eigenvalue weighted by Gasteiger charge is -2.12. The van der Waals surface area contributed by atoms with Gasteiger partial charge in [-0.2, -0.15) is 5.10 Å². The van der Waals surface area contributed by atoms with Crippen LogP contribution in [0.5, 0.6) is 0 Å². The minimum absolute atomic E-state index is 0.0255. The molecule has 0 saturated carbocycles. The fourth-order valence-electron chi connectivity index (χ4n) is 2.44. The molecule has 0 saturated heterocycles. The van der Waals surface area contributed by atoms with Gasteiger partial charge in [-0.15, -0.1) is 0 Å². The number of carbonyl (C=O) groups excluding carboxylic acids is 2. The second-order valence-electron chi connectivity index (χ2n) is 6.18. The Hall–Kier alpha value is -4.17. The predicted molar refractivity (Wildman–Crippen MR) is 119 cm³/mol. The van der Waals surface area contributed by atoms with E-state index in [1.165, 1.54) is 12.3 Å². The Kier molecular flexibility index (Phi) is 7.34. The second kappa shape index (κ2) is 10.6. The summed E-state index contributed by atoms with van der Waals surface area (Å²) in [6.45, 7) is 0. The second-order valence-corrected chi connectivity index (χ2v) is 6.55. The Bertz CT molecular complexity index is 1170. The number of hydrogen-bond donors (Lipinski definition) is 4. The average molecular weight is 436 g/mol. The van der Waals surface area contributed by atoms with Crippen LogP contribution in [0.25, 0.3) is 6.08 Å². The lowest BCUT2D eigenvalue weighted by Crippen LogP contribution is -2.38. The Morgan fingerprint density at radius 1 is 1.00 bits per heavy atom. The van der Waals surface area contributed by atoms with Crippen molar-refractivity contribution in [3.05, 3.63) is 111 Å². The summed E-state index contributed by atoms with van der Waals surface area (Å²) >= 11 is 5.88. The van der Waals surface area contributed by atoms with Gasteiger partial charge in [-0.05, 0) is 23.8 Å². The highest BCUT2D eigenvalue weighted by atomic mass is 35.5. The number of halogens is 1. The molecular weight excluding hydrogens is 418 g/mol. The van der Waals surface area contributed by atoms with Gasteiger partial charge in [-0.3, -0.25) is 25.2 Å². The molecule has 0 aliphatic heterocycles. The highest BCUT2D eigenvalue weighted by Crippen LogP contribution is 2.13. The van der Waals surface area contributed by atoms with Gasteiger partial charge >= 0.3 is 0 Å². The molecule has 0 fully saturated rings. The van der Waals surface area contributed by atoms with Crippen molar-refractivity contribution < 1.29 is 9.59 Å². The van der Waals surface area contributed by atoms with E-state index < -0.39 is 17.4 Å². The maximum atomic E-state index is 12.7.